The van der Waals surface area contributed by atoms with Gasteiger partial charge in [-0.2, -0.15) is 4.39 Å². The lowest BCUT2D eigenvalue weighted by atomic mass is 10.1. The molecule has 0 saturated carbocycles. The molecular formula is C15H15F2NO. The summed E-state index contributed by atoms with van der Waals surface area (Å²) < 4.78 is 31.6. The predicted molar refractivity (Wildman–Crippen MR) is 69.9 cm³/mol. The third kappa shape index (κ3) is 3.51. The van der Waals surface area contributed by atoms with Crippen molar-refractivity contribution in [3.8, 4) is 5.75 Å². The second-order valence-electron chi connectivity index (χ2n) is 4.20. The number of hydrogen-bond donors (Lipinski definition) is 1. The van der Waals surface area contributed by atoms with Crippen LogP contribution in [-0.2, 0) is 13.0 Å². The molecule has 2 rings (SSSR count). The number of halogens is 2. The van der Waals surface area contributed by atoms with Crippen molar-refractivity contribution in [1.82, 2.24) is 0 Å². The molecule has 0 atom stereocenters. The van der Waals surface area contributed by atoms with Crippen LogP contribution in [0.15, 0.2) is 42.5 Å². The van der Waals surface area contributed by atoms with Crippen LogP contribution in [0, 0.1) is 11.6 Å². The Labute approximate surface area is 110 Å². The van der Waals surface area contributed by atoms with Crippen LogP contribution >= 0.6 is 0 Å². The van der Waals surface area contributed by atoms with E-state index in [1.807, 2.05) is 24.3 Å². The Hall–Kier alpha value is -1.94. The van der Waals surface area contributed by atoms with Crippen LogP contribution < -0.4 is 10.5 Å². The molecule has 0 bridgehead atoms. The maximum absolute atomic E-state index is 13.4. The molecule has 0 saturated heterocycles. The van der Waals surface area contributed by atoms with Crippen LogP contribution in [0.4, 0.5) is 8.78 Å². The van der Waals surface area contributed by atoms with Crippen molar-refractivity contribution < 1.29 is 13.5 Å². The molecule has 0 radical (unpaired) electrons. The standard InChI is InChI=1S/C15H15F2NO/c16-13-2-1-3-14(15(13)17)19-10-12-6-4-11(5-7-12)8-9-18/h1-7H,8-10,18H2. The first kappa shape index (κ1) is 13.5. The Morgan fingerprint density at radius 2 is 1.63 bits per heavy atom. The smallest absolute Gasteiger partial charge is 0.200 e. The molecule has 19 heavy (non-hydrogen) atoms. The number of ether oxygens (including phenoxy) is 1. The Kier molecular flexibility index (Phi) is 4.47. The van der Waals surface area contributed by atoms with Gasteiger partial charge in [0.15, 0.2) is 11.6 Å². The van der Waals surface area contributed by atoms with Crippen molar-refractivity contribution in [2.45, 2.75) is 13.0 Å². The van der Waals surface area contributed by atoms with Crippen LogP contribution in [0.2, 0.25) is 0 Å². The van der Waals surface area contributed by atoms with E-state index < -0.39 is 11.6 Å². The van der Waals surface area contributed by atoms with Crippen molar-refractivity contribution in [2.75, 3.05) is 6.54 Å². The van der Waals surface area contributed by atoms with E-state index in [9.17, 15) is 8.78 Å². The molecule has 0 aliphatic heterocycles. The molecule has 2 aromatic rings. The summed E-state index contributed by atoms with van der Waals surface area (Å²) in [7, 11) is 0. The van der Waals surface area contributed by atoms with E-state index in [1.54, 1.807) is 0 Å². The summed E-state index contributed by atoms with van der Waals surface area (Å²) in [6.45, 7) is 0.799. The van der Waals surface area contributed by atoms with Gasteiger partial charge in [0.1, 0.15) is 6.61 Å². The SMILES string of the molecule is NCCc1ccc(COc2cccc(F)c2F)cc1. The van der Waals surface area contributed by atoms with Gasteiger partial charge in [-0.05, 0) is 36.2 Å². The number of rotatable bonds is 5. The summed E-state index contributed by atoms with van der Waals surface area (Å²) in [4.78, 5) is 0. The summed E-state index contributed by atoms with van der Waals surface area (Å²) >= 11 is 0. The van der Waals surface area contributed by atoms with Gasteiger partial charge >= 0.3 is 0 Å². The highest BCUT2D eigenvalue weighted by molar-refractivity contribution is 5.27. The van der Waals surface area contributed by atoms with Crippen LogP contribution in [0.3, 0.4) is 0 Å². The van der Waals surface area contributed by atoms with E-state index in [-0.39, 0.29) is 12.4 Å². The fourth-order valence-electron chi connectivity index (χ4n) is 1.73. The fourth-order valence-corrected chi connectivity index (χ4v) is 1.73. The van der Waals surface area contributed by atoms with Gasteiger partial charge in [-0.3, -0.25) is 0 Å². The zero-order valence-corrected chi connectivity index (χ0v) is 10.4. The normalized spacial score (nSPS) is 10.5. The summed E-state index contributed by atoms with van der Waals surface area (Å²) in [6.07, 6.45) is 0.819. The van der Waals surface area contributed by atoms with Crippen molar-refractivity contribution in [3.63, 3.8) is 0 Å². The second kappa shape index (κ2) is 6.29. The first-order chi connectivity index (χ1) is 9.20. The Bertz CT molecular complexity index is 540. The van der Waals surface area contributed by atoms with Crippen LogP contribution in [0.5, 0.6) is 5.75 Å². The first-order valence-electron chi connectivity index (χ1n) is 6.05. The molecule has 0 heterocycles. The summed E-state index contributed by atoms with van der Waals surface area (Å²) in [5, 5.41) is 0. The van der Waals surface area contributed by atoms with Gasteiger partial charge in [0.05, 0.1) is 0 Å². The van der Waals surface area contributed by atoms with Crippen molar-refractivity contribution in [3.05, 3.63) is 65.2 Å². The van der Waals surface area contributed by atoms with E-state index in [2.05, 4.69) is 0 Å². The highest BCUT2D eigenvalue weighted by Crippen LogP contribution is 2.20. The molecule has 0 aliphatic carbocycles. The van der Waals surface area contributed by atoms with Gasteiger partial charge in [-0.15, -0.1) is 0 Å². The lowest BCUT2D eigenvalue weighted by Crippen LogP contribution is -2.03. The monoisotopic (exact) mass is 263 g/mol. The lowest BCUT2D eigenvalue weighted by Gasteiger charge is -2.08. The second-order valence-corrected chi connectivity index (χ2v) is 4.20. The molecule has 2 N–H and O–H groups in total. The van der Waals surface area contributed by atoms with Crippen LogP contribution in [0.1, 0.15) is 11.1 Å². The molecule has 2 nitrogen and oxygen atoms in total. The third-order valence-electron chi connectivity index (χ3n) is 2.77. The molecular weight excluding hydrogens is 248 g/mol. The highest BCUT2D eigenvalue weighted by atomic mass is 19.2. The van der Waals surface area contributed by atoms with E-state index >= 15 is 0 Å². The van der Waals surface area contributed by atoms with Crippen molar-refractivity contribution in [1.29, 1.82) is 0 Å². The molecule has 0 amide bonds. The van der Waals surface area contributed by atoms with Gasteiger partial charge < -0.3 is 10.5 Å². The lowest BCUT2D eigenvalue weighted by molar-refractivity contribution is 0.284. The average molecular weight is 263 g/mol. The number of nitrogens with two attached hydrogens (primary N) is 1. The van der Waals surface area contributed by atoms with Gasteiger partial charge in [0.25, 0.3) is 0 Å². The van der Waals surface area contributed by atoms with Crippen LogP contribution in [-0.4, -0.2) is 6.54 Å². The predicted octanol–water partition coefficient (Wildman–Crippen LogP) is 3.05. The molecule has 0 spiro atoms. The van der Waals surface area contributed by atoms with Crippen LogP contribution in [0.25, 0.3) is 0 Å². The van der Waals surface area contributed by atoms with Gasteiger partial charge in [-0.1, -0.05) is 30.3 Å². The topological polar surface area (TPSA) is 35.2 Å². The zero-order valence-electron chi connectivity index (χ0n) is 10.4. The molecule has 0 fully saturated rings. The number of benzene rings is 2. The molecule has 0 aromatic heterocycles. The Balaban J connectivity index is 2.00. The van der Waals surface area contributed by atoms with E-state index in [4.69, 9.17) is 10.5 Å². The average Bonchev–Trinajstić information content (AvgIpc) is 2.42. The minimum absolute atomic E-state index is 0.0777. The summed E-state index contributed by atoms with van der Waals surface area (Å²) in [5.74, 6) is -1.94. The van der Waals surface area contributed by atoms with Gasteiger partial charge in [0.2, 0.25) is 5.82 Å². The maximum atomic E-state index is 13.4. The molecule has 4 heteroatoms. The molecule has 2 aromatic carbocycles. The minimum Gasteiger partial charge on any atom is -0.486 e. The van der Waals surface area contributed by atoms with E-state index in [0.29, 0.717) is 6.54 Å². The zero-order chi connectivity index (χ0) is 13.7. The summed E-state index contributed by atoms with van der Waals surface area (Å²) in [6, 6.07) is 11.6. The van der Waals surface area contributed by atoms with Crippen molar-refractivity contribution >= 4 is 0 Å². The highest BCUT2D eigenvalue weighted by Gasteiger charge is 2.08. The van der Waals surface area contributed by atoms with Gasteiger partial charge in [0, 0.05) is 0 Å². The van der Waals surface area contributed by atoms with Crippen molar-refractivity contribution in [2.24, 2.45) is 5.73 Å². The Morgan fingerprint density at radius 1 is 0.947 bits per heavy atom. The van der Waals surface area contributed by atoms with Gasteiger partial charge in [-0.25, -0.2) is 4.39 Å². The molecule has 0 unspecified atom stereocenters. The largest absolute Gasteiger partial charge is 0.486 e. The fraction of sp³-hybridized carbons (Fsp3) is 0.200. The van der Waals surface area contributed by atoms with E-state index in [1.165, 1.54) is 12.1 Å². The first-order valence-corrected chi connectivity index (χ1v) is 6.05. The number of hydrogen-bond acceptors (Lipinski definition) is 2. The van der Waals surface area contributed by atoms with E-state index in [0.717, 1.165) is 23.6 Å². The molecule has 100 valence electrons. The minimum atomic E-state index is -0.956. The maximum Gasteiger partial charge on any atom is 0.200 e. The third-order valence-corrected chi connectivity index (χ3v) is 2.77. The Morgan fingerprint density at radius 3 is 2.32 bits per heavy atom. The summed E-state index contributed by atoms with van der Waals surface area (Å²) in [5.41, 5.74) is 7.50. The quantitative estimate of drug-likeness (QED) is 0.899. The molecule has 0 aliphatic rings.